The van der Waals surface area contributed by atoms with E-state index in [0.29, 0.717) is 51.5 Å². The monoisotopic (exact) mass is 300 g/mol. The molecule has 0 aromatic rings. The molecule has 0 bridgehead atoms. The number of carbonyl (C=O) groups is 2. The lowest BCUT2D eigenvalue weighted by molar-refractivity contribution is -0.142. The minimum atomic E-state index is -0.740. The minimum Gasteiger partial charge on any atom is -0.481 e. The van der Waals surface area contributed by atoms with E-state index in [1.54, 1.807) is 0 Å². The maximum Gasteiger partial charge on any atom is 0.315 e. The average Bonchev–Trinajstić information content (AvgIpc) is 2.47. The van der Waals surface area contributed by atoms with Gasteiger partial charge in [-0.1, -0.05) is 13.8 Å². The van der Waals surface area contributed by atoms with Gasteiger partial charge in [0.1, 0.15) is 0 Å². The lowest BCUT2D eigenvalue weighted by Crippen LogP contribution is -2.45. The molecule has 1 aliphatic rings. The lowest BCUT2D eigenvalue weighted by atomic mass is 9.86. The van der Waals surface area contributed by atoms with Crippen LogP contribution in [0.15, 0.2) is 0 Å². The van der Waals surface area contributed by atoms with Gasteiger partial charge in [0.05, 0.1) is 11.5 Å². The highest BCUT2D eigenvalue weighted by Gasteiger charge is 2.27. The summed E-state index contributed by atoms with van der Waals surface area (Å²) in [5.74, 6) is -1.01. The Morgan fingerprint density at radius 3 is 2.19 bits per heavy atom. The van der Waals surface area contributed by atoms with E-state index < -0.39 is 11.6 Å². The Bertz CT molecular complexity index is 348. The summed E-state index contributed by atoms with van der Waals surface area (Å²) in [6, 6.07) is -0.180. The predicted molar refractivity (Wildman–Crippen MR) is 80.1 cm³/mol. The van der Waals surface area contributed by atoms with Crippen LogP contribution in [0.5, 0.6) is 0 Å². The van der Waals surface area contributed by atoms with Gasteiger partial charge >= 0.3 is 12.0 Å². The molecular formula is C15H28N2O4. The Morgan fingerprint density at radius 2 is 1.71 bits per heavy atom. The van der Waals surface area contributed by atoms with Crippen molar-refractivity contribution in [2.45, 2.75) is 70.4 Å². The first-order valence-electron chi connectivity index (χ1n) is 7.89. The van der Waals surface area contributed by atoms with Crippen LogP contribution in [-0.4, -0.2) is 40.4 Å². The molecule has 1 aliphatic carbocycles. The van der Waals surface area contributed by atoms with Crippen LogP contribution in [0.1, 0.15) is 58.8 Å². The summed E-state index contributed by atoms with van der Waals surface area (Å²) in [6.45, 7) is 4.31. The van der Waals surface area contributed by atoms with Gasteiger partial charge in [-0.05, 0) is 44.9 Å². The number of carboxylic acids is 1. The number of carbonyl (C=O) groups excluding carboxylic acids is 1. The highest BCUT2D eigenvalue weighted by molar-refractivity contribution is 5.74. The number of urea groups is 1. The van der Waals surface area contributed by atoms with E-state index in [0.717, 1.165) is 0 Å². The maximum atomic E-state index is 11.8. The molecule has 0 heterocycles. The molecule has 0 aromatic heterocycles. The lowest BCUT2D eigenvalue weighted by Gasteiger charge is -2.28. The summed E-state index contributed by atoms with van der Waals surface area (Å²) in [5, 5.41) is 24.7. The van der Waals surface area contributed by atoms with Gasteiger partial charge in [-0.3, -0.25) is 4.79 Å². The topological polar surface area (TPSA) is 98.7 Å². The molecule has 1 fully saturated rings. The second kappa shape index (κ2) is 8.22. The molecule has 0 aliphatic heterocycles. The van der Waals surface area contributed by atoms with Crippen molar-refractivity contribution in [1.82, 2.24) is 10.6 Å². The fourth-order valence-electron chi connectivity index (χ4n) is 2.73. The number of hydrogen-bond acceptors (Lipinski definition) is 3. The van der Waals surface area contributed by atoms with Gasteiger partial charge in [-0.25, -0.2) is 4.79 Å². The minimum absolute atomic E-state index is 0.0526. The molecular weight excluding hydrogens is 272 g/mol. The van der Waals surface area contributed by atoms with Gasteiger partial charge < -0.3 is 20.8 Å². The van der Waals surface area contributed by atoms with Crippen molar-refractivity contribution in [3.8, 4) is 0 Å². The van der Waals surface area contributed by atoms with Gasteiger partial charge in [0, 0.05) is 12.6 Å². The van der Waals surface area contributed by atoms with Crippen molar-refractivity contribution in [3.63, 3.8) is 0 Å². The molecule has 6 heteroatoms. The SMILES string of the molecule is CCC(O)(CC)CCNC(=O)NC1CCC(C(=O)O)CC1. The van der Waals surface area contributed by atoms with Crippen LogP contribution < -0.4 is 10.6 Å². The van der Waals surface area contributed by atoms with Crippen molar-refractivity contribution in [3.05, 3.63) is 0 Å². The predicted octanol–water partition coefficient (Wildman–Crippen LogP) is 1.87. The number of aliphatic carboxylic acids is 1. The zero-order valence-electron chi connectivity index (χ0n) is 13.0. The molecule has 0 radical (unpaired) electrons. The summed E-state index contributed by atoms with van der Waals surface area (Å²) in [4.78, 5) is 22.6. The normalized spacial score (nSPS) is 22.6. The van der Waals surface area contributed by atoms with Crippen molar-refractivity contribution in [2.24, 2.45) is 5.92 Å². The Labute approximate surface area is 126 Å². The molecule has 21 heavy (non-hydrogen) atoms. The molecule has 0 unspecified atom stereocenters. The van der Waals surface area contributed by atoms with Crippen LogP contribution in [0.4, 0.5) is 4.79 Å². The number of carboxylic acid groups (broad SMARTS) is 1. The van der Waals surface area contributed by atoms with E-state index in [1.807, 2.05) is 13.8 Å². The fraction of sp³-hybridized carbons (Fsp3) is 0.867. The Balaban J connectivity index is 2.22. The van der Waals surface area contributed by atoms with Crippen LogP contribution in [0.25, 0.3) is 0 Å². The van der Waals surface area contributed by atoms with Crippen LogP contribution in [0, 0.1) is 5.92 Å². The van der Waals surface area contributed by atoms with Crippen molar-refractivity contribution in [2.75, 3.05) is 6.54 Å². The van der Waals surface area contributed by atoms with Gasteiger partial charge in [0.25, 0.3) is 0 Å². The summed E-state index contributed by atoms with van der Waals surface area (Å²) >= 11 is 0. The summed E-state index contributed by atoms with van der Waals surface area (Å²) in [6.07, 6.45) is 4.53. The second-order valence-corrected chi connectivity index (χ2v) is 5.97. The third-order valence-corrected chi connectivity index (χ3v) is 4.60. The molecule has 1 saturated carbocycles. The van der Waals surface area contributed by atoms with Gasteiger partial charge in [0.15, 0.2) is 0 Å². The smallest absolute Gasteiger partial charge is 0.315 e. The van der Waals surface area contributed by atoms with E-state index in [4.69, 9.17) is 5.11 Å². The van der Waals surface area contributed by atoms with Gasteiger partial charge in [0.2, 0.25) is 0 Å². The van der Waals surface area contributed by atoms with Gasteiger partial charge in [-0.15, -0.1) is 0 Å². The van der Waals surface area contributed by atoms with Gasteiger partial charge in [-0.2, -0.15) is 0 Å². The van der Waals surface area contributed by atoms with E-state index >= 15 is 0 Å². The summed E-state index contributed by atoms with van der Waals surface area (Å²) in [5.41, 5.74) is -0.702. The molecule has 1 rings (SSSR count). The molecule has 4 N–H and O–H groups in total. The van der Waals surface area contributed by atoms with Crippen LogP contribution in [0.3, 0.4) is 0 Å². The number of hydrogen-bond donors (Lipinski definition) is 4. The van der Waals surface area contributed by atoms with Crippen LogP contribution >= 0.6 is 0 Å². The van der Waals surface area contributed by atoms with Crippen molar-refractivity contribution >= 4 is 12.0 Å². The van der Waals surface area contributed by atoms with Crippen LogP contribution in [0.2, 0.25) is 0 Å². The van der Waals surface area contributed by atoms with Crippen LogP contribution in [-0.2, 0) is 4.79 Å². The largest absolute Gasteiger partial charge is 0.481 e. The number of amides is 2. The van der Waals surface area contributed by atoms with E-state index in [-0.39, 0.29) is 18.0 Å². The summed E-state index contributed by atoms with van der Waals surface area (Å²) in [7, 11) is 0. The molecule has 122 valence electrons. The Hall–Kier alpha value is -1.30. The maximum absolute atomic E-state index is 11.8. The molecule has 0 aromatic carbocycles. The molecule has 0 spiro atoms. The Kier molecular flexibility index (Phi) is 6.95. The molecule has 0 saturated heterocycles. The number of aliphatic hydroxyl groups is 1. The van der Waals surface area contributed by atoms with Crippen molar-refractivity contribution < 1.29 is 19.8 Å². The zero-order chi connectivity index (χ0) is 15.9. The molecule has 6 nitrogen and oxygen atoms in total. The summed E-state index contributed by atoms with van der Waals surface area (Å²) < 4.78 is 0. The first-order valence-corrected chi connectivity index (χ1v) is 7.89. The van der Waals surface area contributed by atoms with E-state index in [1.165, 1.54) is 0 Å². The zero-order valence-corrected chi connectivity index (χ0v) is 13.0. The molecule has 0 atom stereocenters. The second-order valence-electron chi connectivity index (χ2n) is 5.97. The molecule has 2 amide bonds. The van der Waals surface area contributed by atoms with E-state index in [2.05, 4.69) is 10.6 Å². The number of nitrogens with one attached hydrogen (secondary N) is 2. The highest BCUT2D eigenvalue weighted by atomic mass is 16.4. The third kappa shape index (κ3) is 5.91. The highest BCUT2D eigenvalue weighted by Crippen LogP contribution is 2.24. The standard InChI is InChI=1S/C15H28N2O4/c1-3-15(21,4-2)9-10-16-14(20)17-12-7-5-11(6-8-12)13(18)19/h11-12,21H,3-10H2,1-2H3,(H,18,19)(H2,16,17,20). The third-order valence-electron chi connectivity index (χ3n) is 4.60. The fourth-order valence-corrected chi connectivity index (χ4v) is 2.73. The Morgan fingerprint density at radius 1 is 1.14 bits per heavy atom. The van der Waals surface area contributed by atoms with Crippen molar-refractivity contribution in [1.29, 1.82) is 0 Å². The first kappa shape index (κ1) is 17.8. The first-order chi connectivity index (χ1) is 9.90. The average molecular weight is 300 g/mol. The number of rotatable bonds is 7. The van der Waals surface area contributed by atoms with E-state index in [9.17, 15) is 14.7 Å². The quantitative estimate of drug-likeness (QED) is 0.577.